The minimum atomic E-state index is -2.00. The maximum absolute atomic E-state index is 14.0. The number of anilines is 1. The van der Waals surface area contributed by atoms with Gasteiger partial charge in [-0.05, 0) is 19.1 Å². The normalized spacial score (nSPS) is 19.0. The second-order valence-electron chi connectivity index (χ2n) is 4.45. The molecule has 0 spiro atoms. The molecule has 0 aromatic heterocycles. The third-order valence-corrected chi connectivity index (χ3v) is 4.37. The second-order valence-corrected chi connectivity index (χ2v) is 7.23. The molecule has 3 amide bonds. The Morgan fingerprint density at radius 3 is 2.39 bits per heavy atom. The topological polar surface area (TPSA) is 53.0 Å². The molecule has 1 unspecified atom stereocenters. The molecule has 5 nitrogen and oxygen atoms in total. The van der Waals surface area contributed by atoms with Crippen LogP contribution in [-0.2, 0) is 4.79 Å². The fourth-order valence-corrected chi connectivity index (χ4v) is 2.18. The van der Waals surface area contributed by atoms with Crippen molar-refractivity contribution in [1.82, 2.24) is 4.90 Å². The van der Waals surface area contributed by atoms with Gasteiger partial charge >= 0.3 is 6.03 Å². The molecule has 1 fully saturated rings. The standard InChI is InChI=1S/C13H10Cl4FN3O2/c1-2-20-10(22)9(19-11(14)13(15,16)17)21(12(20)23)8-6-4-3-5-7(8)18/h3-6,11H,2H2,1H3. The number of carbonyl (C=O) groups excluding carboxylic acids is 2. The number of amidine groups is 1. The summed E-state index contributed by atoms with van der Waals surface area (Å²) in [7, 11) is 0. The van der Waals surface area contributed by atoms with Gasteiger partial charge in [0.2, 0.25) is 9.63 Å². The lowest BCUT2D eigenvalue weighted by Crippen LogP contribution is -2.34. The number of hydrogen-bond acceptors (Lipinski definition) is 3. The Morgan fingerprint density at radius 2 is 1.87 bits per heavy atom. The Hall–Kier alpha value is -1.08. The molecule has 1 aromatic rings. The van der Waals surface area contributed by atoms with Crippen molar-refractivity contribution >= 4 is 69.9 Å². The van der Waals surface area contributed by atoms with Gasteiger partial charge < -0.3 is 0 Å². The smallest absolute Gasteiger partial charge is 0.265 e. The van der Waals surface area contributed by atoms with Crippen LogP contribution in [0.2, 0.25) is 0 Å². The third kappa shape index (κ3) is 3.55. The fourth-order valence-electron chi connectivity index (χ4n) is 1.94. The molecule has 1 aliphatic rings. The van der Waals surface area contributed by atoms with E-state index < -0.39 is 32.9 Å². The minimum Gasteiger partial charge on any atom is -0.265 e. The summed E-state index contributed by atoms with van der Waals surface area (Å²) >= 11 is 22.7. The van der Waals surface area contributed by atoms with Crippen LogP contribution < -0.4 is 4.90 Å². The highest BCUT2D eigenvalue weighted by atomic mass is 35.6. The maximum Gasteiger partial charge on any atom is 0.337 e. The number of halogens is 5. The summed E-state index contributed by atoms with van der Waals surface area (Å²) in [5.74, 6) is -1.87. The molecule has 124 valence electrons. The second kappa shape index (κ2) is 6.81. The number of urea groups is 1. The third-order valence-electron chi connectivity index (χ3n) is 2.99. The number of nitrogens with zero attached hydrogens (tertiary/aromatic N) is 3. The molecule has 1 heterocycles. The average molecular weight is 401 g/mol. The number of rotatable bonds is 3. The number of hydrogen-bond donors (Lipinski definition) is 0. The maximum atomic E-state index is 14.0. The summed E-state index contributed by atoms with van der Waals surface area (Å²) in [5.41, 5.74) is -1.58. The van der Waals surface area contributed by atoms with Crippen molar-refractivity contribution in [3.8, 4) is 0 Å². The average Bonchev–Trinajstić information content (AvgIpc) is 2.69. The first kappa shape index (κ1) is 18.3. The lowest BCUT2D eigenvalue weighted by molar-refractivity contribution is -0.120. The number of benzene rings is 1. The number of alkyl halides is 4. The summed E-state index contributed by atoms with van der Waals surface area (Å²) in [4.78, 5) is 30.2. The number of likely N-dealkylation sites (N-methyl/N-ethyl adjacent to an activating group) is 1. The molecule has 0 N–H and O–H groups in total. The van der Waals surface area contributed by atoms with Crippen molar-refractivity contribution in [2.24, 2.45) is 4.99 Å². The van der Waals surface area contributed by atoms with Crippen LogP contribution in [0.15, 0.2) is 29.3 Å². The number of carbonyl (C=O) groups is 2. The Kier molecular flexibility index (Phi) is 5.41. The van der Waals surface area contributed by atoms with Crippen molar-refractivity contribution in [2.45, 2.75) is 16.2 Å². The quantitative estimate of drug-likeness (QED) is 0.438. The van der Waals surface area contributed by atoms with Crippen LogP contribution in [0.4, 0.5) is 14.9 Å². The van der Waals surface area contributed by atoms with Crippen LogP contribution in [-0.4, -0.2) is 38.5 Å². The molecule has 0 radical (unpaired) electrons. The Bertz CT molecular complexity index is 677. The minimum absolute atomic E-state index is 0.0718. The fraction of sp³-hybridized carbons (Fsp3) is 0.308. The molecule has 1 aromatic carbocycles. The van der Waals surface area contributed by atoms with E-state index in [0.29, 0.717) is 0 Å². The van der Waals surface area contributed by atoms with E-state index in [1.165, 1.54) is 18.2 Å². The van der Waals surface area contributed by atoms with E-state index in [9.17, 15) is 14.0 Å². The Labute approximate surface area is 151 Å². The van der Waals surface area contributed by atoms with Gasteiger partial charge in [-0.3, -0.25) is 9.69 Å². The molecule has 0 saturated carbocycles. The molecule has 1 atom stereocenters. The van der Waals surface area contributed by atoms with Gasteiger partial charge in [0, 0.05) is 6.54 Å². The van der Waals surface area contributed by atoms with Gasteiger partial charge in [0.1, 0.15) is 5.82 Å². The molecule has 0 aliphatic carbocycles. The van der Waals surface area contributed by atoms with E-state index in [1.807, 2.05) is 0 Å². The van der Waals surface area contributed by atoms with Crippen LogP contribution in [0.3, 0.4) is 0 Å². The van der Waals surface area contributed by atoms with Crippen molar-refractivity contribution < 1.29 is 14.0 Å². The van der Waals surface area contributed by atoms with Crippen LogP contribution in [0.25, 0.3) is 0 Å². The number of para-hydroxylation sites is 1. The molecule has 2 rings (SSSR count). The molecule has 10 heteroatoms. The van der Waals surface area contributed by atoms with E-state index in [-0.39, 0.29) is 12.2 Å². The first-order chi connectivity index (χ1) is 10.7. The van der Waals surface area contributed by atoms with Gasteiger partial charge in [0.25, 0.3) is 5.91 Å². The van der Waals surface area contributed by atoms with Crippen LogP contribution >= 0.6 is 46.4 Å². The molecule has 23 heavy (non-hydrogen) atoms. The number of imide groups is 1. The summed E-state index contributed by atoms with van der Waals surface area (Å²) in [6.07, 6.45) is 0. The predicted molar refractivity (Wildman–Crippen MR) is 89.0 cm³/mol. The van der Waals surface area contributed by atoms with Gasteiger partial charge in [0.05, 0.1) is 5.69 Å². The molecular formula is C13H10Cl4FN3O2. The van der Waals surface area contributed by atoms with Crippen molar-refractivity contribution in [1.29, 1.82) is 0 Å². The van der Waals surface area contributed by atoms with Crippen LogP contribution in [0, 0.1) is 5.82 Å². The van der Waals surface area contributed by atoms with Gasteiger partial charge in [-0.15, -0.1) is 0 Å². The zero-order valence-electron chi connectivity index (χ0n) is 11.6. The highest BCUT2D eigenvalue weighted by Gasteiger charge is 2.45. The first-order valence-corrected chi connectivity index (χ1v) is 7.94. The zero-order valence-corrected chi connectivity index (χ0v) is 14.7. The van der Waals surface area contributed by atoms with Gasteiger partial charge in [-0.2, -0.15) is 0 Å². The Balaban J connectivity index is 2.56. The van der Waals surface area contributed by atoms with Crippen molar-refractivity contribution in [2.75, 3.05) is 11.4 Å². The summed E-state index contributed by atoms with van der Waals surface area (Å²) in [5, 5.41) is 0. The molecule has 1 saturated heterocycles. The predicted octanol–water partition coefficient (Wildman–Crippen LogP) is 3.95. The lowest BCUT2D eigenvalue weighted by Gasteiger charge is -2.18. The molecular weight excluding hydrogens is 391 g/mol. The largest absolute Gasteiger partial charge is 0.337 e. The van der Waals surface area contributed by atoms with E-state index in [4.69, 9.17) is 46.4 Å². The van der Waals surface area contributed by atoms with Gasteiger partial charge in [-0.25, -0.2) is 19.1 Å². The monoisotopic (exact) mass is 399 g/mol. The lowest BCUT2D eigenvalue weighted by atomic mass is 10.3. The molecule has 1 aliphatic heterocycles. The van der Waals surface area contributed by atoms with Crippen molar-refractivity contribution in [3.05, 3.63) is 30.1 Å². The van der Waals surface area contributed by atoms with E-state index in [0.717, 1.165) is 15.9 Å². The molecule has 0 bridgehead atoms. The SMILES string of the molecule is CCN1C(=O)C(=NC(Cl)C(Cl)(Cl)Cl)N(c2ccccc2F)C1=O. The van der Waals surface area contributed by atoms with E-state index in [2.05, 4.69) is 4.99 Å². The summed E-state index contributed by atoms with van der Waals surface area (Å²) < 4.78 is 12.0. The van der Waals surface area contributed by atoms with Crippen LogP contribution in [0.5, 0.6) is 0 Å². The number of amides is 3. The summed E-state index contributed by atoms with van der Waals surface area (Å²) in [6.45, 7) is 1.66. The van der Waals surface area contributed by atoms with Gasteiger partial charge in [0.15, 0.2) is 5.50 Å². The summed E-state index contributed by atoms with van der Waals surface area (Å²) in [6, 6.07) is 4.67. The van der Waals surface area contributed by atoms with E-state index >= 15 is 0 Å². The van der Waals surface area contributed by atoms with E-state index in [1.54, 1.807) is 6.92 Å². The zero-order chi connectivity index (χ0) is 17.4. The highest BCUT2D eigenvalue weighted by Crippen LogP contribution is 2.35. The van der Waals surface area contributed by atoms with Crippen molar-refractivity contribution in [3.63, 3.8) is 0 Å². The Morgan fingerprint density at radius 1 is 1.26 bits per heavy atom. The highest BCUT2D eigenvalue weighted by molar-refractivity contribution is 6.70. The number of aliphatic imine (C=N–C) groups is 1. The van der Waals surface area contributed by atoms with Crippen LogP contribution in [0.1, 0.15) is 6.92 Å². The van der Waals surface area contributed by atoms with Gasteiger partial charge in [-0.1, -0.05) is 58.5 Å². The first-order valence-electron chi connectivity index (χ1n) is 6.37.